The van der Waals surface area contributed by atoms with Crippen LogP contribution in [0.5, 0.6) is 5.75 Å². The molecule has 2 aliphatic rings. The first-order chi connectivity index (χ1) is 12.2. The Morgan fingerprint density at radius 3 is 2.15 bits per heavy atom. The molecule has 8 heteroatoms. The molecule has 0 atom stereocenters. The van der Waals surface area contributed by atoms with Gasteiger partial charge in [0.2, 0.25) is 0 Å². The van der Waals surface area contributed by atoms with Gasteiger partial charge in [-0.05, 0) is 20.8 Å². The predicted molar refractivity (Wildman–Crippen MR) is 91.6 cm³/mol. The lowest BCUT2D eigenvalue weighted by Gasteiger charge is -2.37. The zero-order valence-corrected chi connectivity index (χ0v) is 15.3. The molecule has 26 heavy (non-hydrogen) atoms. The number of ether oxygens (including phenoxy) is 3. The number of carbonyl (C=O) groups is 1. The van der Waals surface area contributed by atoms with Crippen LogP contribution in [-0.2, 0) is 9.47 Å². The van der Waals surface area contributed by atoms with Crippen molar-refractivity contribution in [3.05, 3.63) is 23.8 Å². The highest BCUT2D eigenvalue weighted by Gasteiger charge is 2.29. The van der Waals surface area contributed by atoms with E-state index in [-0.39, 0.29) is 17.5 Å². The Morgan fingerprint density at radius 2 is 1.69 bits per heavy atom. The summed E-state index contributed by atoms with van der Waals surface area (Å²) in [6.45, 7) is 7.57. The minimum Gasteiger partial charge on any atom is -0.485 e. The highest BCUT2D eigenvalue weighted by molar-refractivity contribution is 5.68. The van der Waals surface area contributed by atoms with E-state index in [9.17, 15) is 13.6 Å². The van der Waals surface area contributed by atoms with Gasteiger partial charge < -0.3 is 24.0 Å². The predicted octanol–water partition coefficient (Wildman–Crippen LogP) is 2.80. The van der Waals surface area contributed by atoms with Crippen molar-refractivity contribution in [1.29, 1.82) is 0 Å². The van der Waals surface area contributed by atoms with E-state index in [1.165, 1.54) is 12.1 Å². The molecule has 1 amide bonds. The second-order valence-corrected chi connectivity index (χ2v) is 7.47. The number of hydrogen-bond acceptors (Lipinski definition) is 5. The molecule has 0 spiro atoms. The van der Waals surface area contributed by atoms with Crippen LogP contribution in [0.25, 0.3) is 0 Å². The van der Waals surface area contributed by atoms with Crippen molar-refractivity contribution >= 4 is 11.8 Å². The number of carbonyl (C=O) groups excluding carboxylic acids is 1. The molecule has 2 saturated heterocycles. The van der Waals surface area contributed by atoms with Gasteiger partial charge in [0.25, 0.3) is 0 Å². The van der Waals surface area contributed by atoms with E-state index in [4.69, 9.17) is 14.2 Å². The third-order valence-electron chi connectivity index (χ3n) is 4.15. The summed E-state index contributed by atoms with van der Waals surface area (Å²) in [6.07, 6.45) is -0.568. The Bertz CT molecular complexity index is 643. The summed E-state index contributed by atoms with van der Waals surface area (Å²) < 4.78 is 44.7. The Balaban J connectivity index is 1.62. The molecule has 1 aromatic carbocycles. The number of halogens is 2. The van der Waals surface area contributed by atoms with E-state index in [0.717, 1.165) is 0 Å². The van der Waals surface area contributed by atoms with Gasteiger partial charge in [0.05, 0.1) is 13.2 Å². The molecule has 0 N–H and O–H groups in total. The number of anilines is 1. The number of amides is 1. The minimum atomic E-state index is -0.675. The lowest BCUT2D eigenvalue weighted by Crippen LogP contribution is -2.50. The van der Waals surface area contributed by atoms with Gasteiger partial charge >= 0.3 is 6.09 Å². The average molecular weight is 370 g/mol. The van der Waals surface area contributed by atoms with Gasteiger partial charge in [-0.1, -0.05) is 0 Å². The molecule has 2 fully saturated rings. The number of benzene rings is 1. The standard InChI is InChI=1S/C18H24F2N2O4/c1-18(2,3)26-17(23)22-6-4-21(5-7-22)16-14(19)8-12(9-15(16)20)25-13-10-24-11-13/h8-9,13H,4-7,10-11H2,1-3H3. The Hall–Kier alpha value is -2.09. The lowest BCUT2D eigenvalue weighted by atomic mass is 10.2. The van der Waals surface area contributed by atoms with E-state index in [2.05, 4.69) is 0 Å². The topological polar surface area (TPSA) is 51.2 Å². The molecule has 6 nitrogen and oxygen atoms in total. The summed E-state index contributed by atoms with van der Waals surface area (Å²) >= 11 is 0. The summed E-state index contributed by atoms with van der Waals surface area (Å²) in [5.41, 5.74) is -0.667. The maximum Gasteiger partial charge on any atom is 0.410 e. The monoisotopic (exact) mass is 370 g/mol. The van der Waals surface area contributed by atoms with Crippen molar-refractivity contribution in [2.24, 2.45) is 0 Å². The van der Waals surface area contributed by atoms with Gasteiger partial charge in [0.1, 0.15) is 23.1 Å². The SMILES string of the molecule is CC(C)(C)OC(=O)N1CCN(c2c(F)cc(OC3COC3)cc2F)CC1. The highest BCUT2D eigenvalue weighted by Crippen LogP contribution is 2.30. The molecule has 0 bridgehead atoms. The molecule has 3 rings (SSSR count). The second kappa shape index (κ2) is 7.26. The van der Waals surface area contributed by atoms with Crippen LogP contribution in [0, 0.1) is 11.6 Å². The van der Waals surface area contributed by atoms with Gasteiger partial charge in [0.15, 0.2) is 11.6 Å². The fraction of sp³-hybridized carbons (Fsp3) is 0.611. The molecule has 2 aliphatic heterocycles. The number of piperazine rings is 1. The van der Waals surface area contributed by atoms with Gasteiger partial charge in [-0.15, -0.1) is 0 Å². The summed E-state index contributed by atoms with van der Waals surface area (Å²) in [5, 5.41) is 0. The molecule has 1 aromatic rings. The first kappa shape index (κ1) is 18.7. The van der Waals surface area contributed by atoms with E-state index in [1.54, 1.807) is 30.6 Å². The van der Waals surface area contributed by atoms with Crippen LogP contribution in [0.2, 0.25) is 0 Å². The first-order valence-corrected chi connectivity index (χ1v) is 8.69. The molecule has 0 radical (unpaired) electrons. The molecular formula is C18H24F2N2O4. The first-order valence-electron chi connectivity index (χ1n) is 8.69. The number of hydrogen-bond donors (Lipinski definition) is 0. The van der Waals surface area contributed by atoms with Crippen LogP contribution in [0.15, 0.2) is 12.1 Å². The molecular weight excluding hydrogens is 346 g/mol. The molecule has 0 unspecified atom stereocenters. The summed E-state index contributed by atoms with van der Waals surface area (Å²) in [5.74, 6) is -1.19. The van der Waals surface area contributed by atoms with Crippen molar-refractivity contribution in [2.75, 3.05) is 44.3 Å². The van der Waals surface area contributed by atoms with Gasteiger partial charge in [0, 0.05) is 38.3 Å². The summed E-state index contributed by atoms with van der Waals surface area (Å²) in [6, 6.07) is 2.38. The Morgan fingerprint density at radius 1 is 1.12 bits per heavy atom. The zero-order valence-electron chi connectivity index (χ0n) is 15.3. The van der Waals surface area contributed by atoms with Crippen LogP contribution in [0.4, 0.5) is 19.3 Å². The van der Waals surface area contributed by atoms with Crippen LogP contribution < -0.4 is 9.64 Å². The number of nitrogens with zero attached hydrogens (tertiary/aromatic N) is 2. The minimum absolute atomic E-state index is 0.0916. The molecule has 2 heterocycles. The van der Waals surface area contributed by atoms with Crippen molar-refractivity contribution in [3.63, 3.8) is 0 Å². The zero-order chi connectivity index (χ0) is 18.9. The van der Waals surface area contributed by atoms with E-state index >= 15 is 0 Å². The quantitative estimate of drug-likeness (QED) is 0.819. The van der Waals surface area contributed by atoms with Crippen LogP contribution in [0.1, 0.15) is 20.8 Å². The van der Waals surface area contributed by atoms with Gasteiger partial charge in [-0.3, -0.25) is 0 Å². The second-order valence-electron chi connectivity index (χ2n) is 7.47. The summed E-state index contributed by atoms with van der Waals surface area (Å²) in [7, 11) is 0. The highest BCUT2D eigenvalue weighted by atomic mass is 19.1. The fourth-order valence-electron chi connectivity index (χ4n) is 2.83. The van der Waals surface area contributed by atoms with Gasteiger partial charge in [-0.25, -0.2) is 13.6 Å². The normalized spacial score (nSPS) is 18.5. The van der Waals surface area contributed by atoms with Crippen LogP contribution >= 0.6 is 0 Å². The lowest BCUT2D eigenvalue weighted by molar-refractivity contribution is -0.0798. The van der Waals surface area contributed by atoms with Crippen LogP contribution in [0.3, 0.4) is 0 Å². The van der Waals surface area contributed by atoms with Crippen molar-refractivity contribution in [2.45, 2.75) is 32.5 Å². The van der Waals surface area contributed by atoms with Gasteiger partial charge in [-0.2, -0.15) is 0 Å². The van der Waals surface area contributed by atoms with E-state index in [1.807, 2.05) is 0 Å². The van der Waals surface area contributed by atoms with Crippen molar-refractivity contribution < 1.29 is 27.8 Å². The molecule has 0 aliphatic carbocycles. The average Bonchev–Trinajstić information content (AvgIpc) is 2.49. The Kier molecular flexibility index (Phi) is 5.22. The number of rotatable bonds is 3. The molecule has 144 valence electrons. The van der Waals surface area contributed by atoms with Crippen LogP contribution in [-0.4, -0.2) is 62.1 Å². The molecule has 0 saturated carbocycles. The smallest absolute Gasteiger partial charge is 0.410 e. The maximum absolute atomic E-state index is 14.4. The third kappa shape index (κ3) is 4.35. The van der Waals surface area contributed by atoms with Crippen molar-refractivity contribution in [3.8, 4) is 5.75 Å². The largest absolute Gasteiger partial charge is 0.485 e. The Labute approximate surface area is 151 Å². The van der Waals surface area contributed by atoms with E-state index in [0.29, 0.717) is 39.4 Å². The maximum atomic E-state index is 14.4. The summed E-state index contributed by atoms with van der Waals surface area (Å²) in [4.78, 5) is 15.2. The van der Waals surface area contributed by atoms with Crippen molar-refractivity contribution in [1.82, 2.24) is 4.90 Å². The third-order valence-corrected chi connectivity index (χ3v) is 4.15. The van der Waals surface area contributed by atoms with E-state index < -0.39 is 23.3 Å². The molecule has 0 aromatic heterocycles. The fourth-order valence-corrected chi connectivity index (χ4v) is 2.83.